The molecule has 1 unspecified atom stereocenters. The zero-order valence-corrected chi connectivity index (χ0v) is 7.98. The Labute approximate surface area is 79.7 Å². The van der Waals surface area contributed by atoms with Crippen molar-refractivity contribution in [3.8, 4) is 0 Å². The summed E-state index contributed by atoms with van der Waals surface area (Å²) in [5.74, 6) is 0.449. The Morgan fingerprint density at radius 1 is 1.31 bits per heavy atom. The fourth-order valence-electron chi connectivity index (χ4n) is 1.14. The smallest absolute Gasteiger partial charge is 0.0436 e. The molecule has 0 radical (unpaired) electrons. The number of aliphatic hydroxyl groups excluding tert-OH is 1. The van der Waals surface area contributed by atoms with E-state index in [4.69, 9.17) is 5.11 Å². The molecule has 0 bridgehead atoms. The van der Waals surface area contributed by atoms with E-state index < -0.39 is 0 Å². The zero-order chi connectivity index (χ0) is 9.52. The lowest BCUT2D eigenvalue weighted by molar-refractivity contribution is 0.274. The molecular formula is C12H16O. The molecule has 0 aromatic heterocycles. The third-order valence-electron chi connectivity index (χ3n) is 2.00. The maximum Gasteiger partial charge on any atom is 0.0436 e. The average molecular weight is 176 g/mol. The lowest BCUT2D eigenvalue weighted by atomic mass is 10.1. The summed E-state index contributed by atoms with van der Waals surface area (Å²) in [4.78, 5) is 0. The van der Waals surface area contributed by atoms with Gasteiger partial charge in [-0.1, -0.05) is 49.4 Å². The van der Waals surface area contributed by atoms with Gasteiger partial charge in [-0.3, -0.25) is 0 Å². The molecule has 0 spiro atoms. The van der Waals surface area contributed by atoms with Crippen molar-refractivity contribution in [3.63, 3.8) is 0 Å². The summed E-state index contributed by atoms with van der Waals surface area (Å²) < 4.78 is 0. The number of hydrogen-bond donors (Lipinski definition) is 1. The SMILES string of the molecule is CC(C=Cc1ccccc1)CCO. The number of allylic oxidation sites excluding steroid dienone is 1. The highest BCUT2D eigenvalue weighted by Crippen LogP contribution is 2.07. The van der Waals surface area contributed by atoms with Gasteiger partial charge in [-0.25, -0.2) is 0 Å². The molecule has 1 atom stereocenters. The second kappa shape index (κ2) is 5.55. The van der Waals surface area contributed by atoms with E-state index in [0.717, 1.165) is 6.42 Å². The third kappa shape index (κ3) is 3.90. The Kier molecular flexibility index (Phi) is 4.27. The van der Waals surface area contributed by atoms with Gasteiger partial charge < -0.3 is 5.11 Å². The third-order valence-corrected chi connectivity index (χ3v) is 2.00. The molecule has 0 fully saturated rings. The van der Waals surface area contributed by atoms with E-state index in [1.807, 2.05) is 18.2 Å². The molecule has 0 saturated carbocycles. The standard InChI is InChI=1S/C12H16O/c1-11(9-10-13)7-8-12-5-3-2-4-6-12/h2-8,11,13H,9-10H2,1H3. The highest BCUT2D eigenvalue weighted by molar-refractivity contribution is 5.48. The van der Waals surface area contributed by atoms with Crippen molar-refractivity contribution >= 4 is 6.08 Å². The zero-order valence-electron chi connectivity index (χ0n) is 7.98. The lowest BCUT2D eigenvalue weighted by Crippen LogP contribution is -1.92. The molecule has 1 N–H and O–H groups in total. The topological polar surface area (TPSA) is 20.2 Å². The Morgan fingerprint density at radius 2 is 2.00 bits per heavy atom. The first-order valence-electron chi connectivity index (χ1n) is 4.67. The van der Waals surface area contributed by atoms with Crippen LogP contribution >= 0.6 is 0 Å². The van der Waals surface area contributed by atoms with Crippen LogP contribution in [0.3, 0.4) is 0 Å². The first kappa shape index (κ1) is 10.0. The van der Waals surface area contributed by atoms with Crippen LogP contribution in [-0.2, 0) is 0 Å². The Bertz CT molecular complexity index is 251. The molecule has 0 aliphatic rings. The molecule has 0 saturated heterocycles. The quantitative estimate of drug-likeness (QED) is 0.747. The molecule has 0 heterocycles. The van der Waals surface area contributed by atoms with E-state index in [1.165, 1.54) is 5.56 Å². The van der Waals surface area contributed by atoms with Gasteiger partial charge in [0.2, 0.25) is 0 Å². The van der Waals surface area contributed by atoms with Crippen molar-refractivity contribution in [2.45, 2.75) is 13.3 Å². The van der Waals surface area contributed by atoms with Crippen molar-refractivity contribution in [3.05, 3.63) is 42.0 Å². The minimum atomic E-state index is 0.264. The highest BCUT2D eigenvalue weighted by Gasteiger charge is 1.93. The molecule has 0 aliphatic heterocycles. The van der Waals surface area contributed by atoms with Crippen LogP contribution in [0.5, 0.6) is 0 Å². The predicted molar refractivity (Wildman–Crippen MR) is 56.3 cm³/mol. The Morgan fingerprint density at radius 3 is 2.62 bits per heavy atom. The van der Waals surface area contributed by atoms with E-state index in [-0.39, 0.29) is 6.61 Å². The van der Waals surface area contributed by atoms with Gasteiger partial charge in [0.25, 0.3) is 0 Å². The van der Waals surface area contributed by atoms with Crippen molar-refractivity contribution in [1.29, 1.82) is 0 Å². The fourth-order valence-corrected chi connectivity index (χ4v) is 1.14. The molecule has 1 nitrogen and oxygen atoms in total. The van der Waals surface area contributed by atoms with Gasteiger partial charge in [0, 0.05) is 6.61 Å². The lowest BCUT2D eigenvalue weighted by Gasteiger charge is -2.01. The van der Waals surface area contributed by atoms with Gasteiger partial charge in [-0.2, -0.15) is 0 Å². The number of rotatable bonds is 4. The summed E-state index contributed by atoms with van der Waals surface area (Å²) >= 11 is 0. The van der Waals surface area contributed by atoms with Crippen LogP contribution in [0.25, 0.3) is 6.08 Å². The minimum absolute atomic E-state index is 0.264. The second-order valence-electron chi connectivity index (χ2n) is 3.26. The number of aliphatic hydroxyl groups is 1. The van der Waals surface area contributed by atoms with Crippen molar-refractivity contribution in [1.82, 2.24) is 0 Å². The normalized spacial score (nSPS) is 13.4. The first-order chi connectivity index (χ1) is 6.33. The Hall–Kier alpha value is -1.08. The molecule has 1 aromatic carbocycles. The van der Waals surface area contributed by atoms with E-state index in [2.05, 4.69) is 31.2 Å². The molecule has 13 heavy (non-hydrogen) atoms. The first-order valence-corrected chi connectivity index (χ1v) is 4.67. The largest absolute Gasteiger partial charge is 0.396 e. The van der Waals surface area contributed by atoms with Gasteiger partial charge >= 0.3 is 0 Å². The predicted octanol–water partition coefficient (Wildman–Crippen LogP) is 2.72. The molecule has 70 valence electrons. The molecule has 1 rings (SSSR count). The monoisotopic (exact) mass is 176 g/mol. The fraction of sp³-hybridized carbons (Fsp3) is 0.333. The van der Waals surface area contributed by atoms with Crippen LogP contribution < -0.4 is 0 Å². The average Bonchev–Trinajstić information content (AvgIpc) is 2.17. The van der Waals surface area contributed by atoms with Gasteiger partial charge in [0.05, 0.1) is 0 Å². The maximum absolute atomic E-state index is 8.70. The number of benzene rings is 1. The summed E-state index contributed by atoms with van der Waals surface area (Å²) in [7, 11) is 0. The Balaban J connectivity index is 2.49. The van der Waals surface area contributed by atoms with Crippen molar-refractivity contribution in [2.75, 3.05) is 6.61 Å². The molecule has 1 heteroatoms. The van der Waals surface area contributed by atoms with Gasteiger partial charge in [-0.05, 0) is 17.9 Å². The van der Waals surface area contributed by atoms with Gasteiger partial charge in [0.1, 0.15) is 0 Å². The minimum Gasteiger partial charge on any atom is -0.396 e. The van der Waals surface area contributed by atoms with Crippen LogP contribution in [0.1, 0.15) is 18.9 Å². The summed E-state index contributed by atoms with van der Waals surface area (Å²) in [5, 5.41) is 8.70. The van der Waals surface area contributed by atoms with Crippen molar-refractivity contribution < 1.29 is 5.11 Å². The van der Waals surface area contributed by atoms with E-state index in [0.29, 0.717) is 5.92 Å². The summed E-state index contributed by atoms with van der Waals surface area (Å²) in [5.41, 5.74) is 1.22. The van der Waals surface area contributed by atoms with E-state index in [9.17, 15) is 0 Å². The summed E-state index contributed by atoms with van der Waals surface area (Å²) in [6, 6.07) is 10.2. The van der Waals surface area contributed by atoms with Crippen LogP contribution in [0.2, 0.25) is 0 Å². The molecule has 0 amide bonds. The molecule has 1 aromatic rings. The molecular weight excluding hydrogens is 160 g/mol. The summed E-state index contributed by atoms with van der Waals surface area (Å²) in [6.45, 7) is 2.37. The van der Waals surface area contributed by atoms with Crippen LogP contribution in [-0.4, -0.2) is 11.7 Å². The van der Waals surface area contributed by atoms with Gasteiger partial charge in [-0.15, -0.1) is 0 Å². The van der Waals surface area contributed by atoms with E-state index in [1.54, 1.807) is 0 Å². The second-order valence-corrected chi connectivity index (χ2v) is 3.26. The number of hydrogen-bond acceptors (Lipinski definition) is 1. The van der Waals surface area contributed by atoms with Crippen LogP contribution in [0, 0.1) is 5.92 Å². The van der Waals surface area contributed by atoms with E-state index >= 15 is 0 Å². The molecule has 0 aliphatic carbocycles. The van der Waals surface area contributed by atoms with Gasteiger partial charge in [0.15, 0.2) is 0 Å². The van der Waals surface area contributed by atoms with Crippen molar-refractivity contribution in [2.24, 2.45) is 5.92 Å². The maximum atomic E-state index is 8.70. The van der Waals surface area contributed by atoms with Crippen LogP contribution in [0.15, 0.2) is 36.4 Å². The highest BCUT2D eigenvalue weighted by atomic mass is 16.2. The summed E-state index contributed by atoms with van der Waals surface area (Å²) in [6.07, 6.45) is 5.06. The van der Waals surface area contributed by atoms with Crippen LogP contribution in [0.4, 0.5) is 0 Å².